The van der Waals surface area contributed by atoms with E-state index in [2.05, 4.69) is 15.8 Å². The van der Waals surface area contributed by atoms with Gasteiger partial charge >= 0.3 is 17.8 Å². The number of rotatable bonds is 8. The van der Waals surface area contributed by atoms with E-state index in [4.69, 9.17) is 14.2 Å². The molecule has 0 bridgehead atoms. The van der Waals surface area contributed by atoms with Gasteiger partial charge in [-0.25, -0.2) is 10.2 Å². The number of anilines is 1. The predicted octanol–water partition coefficient (Wildman–Crippen LogP) is 3.40. The third-order valence-electron chi connectivity index (χ3n) is 4.39. The van der Waals surface area contributed by atoms with Crippen LogP contribution in [0.5, 0.6) is 17.2 Å². The van der Waals surface area contributed by atoms with Crippen LogP contribution < -0.4 is 25.0 Å². The average molecular weight is 461 g/mol. The van der Waals surface area contributed by atoms with E-state index in [0.29, 0.717) is 34.9 Å². The lowest BCUT2D eigenvalue weighted by atomic mass is 10.2. The summed E-state index contributed by atoms with van der Waals surface area (Å²) in [5.74, 6) is -1.23. The Labute approximate surface area is 196 Å². The quantitative estimate of drug-likeness (QED) is 0.175. The van der Waals surface area contributed by atoms with Gasteiger partial charge in [-0.2, -0.15) is 5.10 Å². The Morgan fingerprint density at radius 2 is 1.71 bits per heavy atom. The van der Waals surface area contributed by atoms with Crippen molar-refractivity contribution in [3.8, 4) is 17.2 Å². The Hall–Kier alpha value is -4.66. The van der Waals surface area contributed by atoms with Crippen molar-refractivity contribution in [1.82, 2.24) is 5.43 Å². The molecule has 0 saturated heterocycles. The van der Waals surface area contributed by atoms with Crippen molar-refractivity contribution in [3.63, 3.8) is 0 Å². The second kappa shape index (κ2) is 11.8. The third kappa shape index (κ3) is 6.67. The first-order valence-corrected chi connectivity index (χ1v) is 10.3. The molecule has 3 rings (SSSR count). The van der Waals surface area contributed by atoms with Gasteiger partial charge < -0.3 is 19.5 Å². The van der Waals surface area contributed by atoms with Gasteiger partial charge in [-0.3, -0.25) is 9.59 Å². The summed E-state index contributed by atoms with van der Waals surface area (Å²) in [6.07, 6.45) is 1.34. The number of nitrogens with one attached hydrogen (secondary N) is 2. The van der Waals surface area contributed by atoms with Crippen LogP contribution in [0.25, 0.3) is 0 Å². The summed E-state index contributed by atoms with van der Waals surface area (Å²) in [5.41, 5.74) is 3.53. The first-order chi connectivity index (χ1) is 16.5. The van der Waals surface area contributed by atoms with Crippen molar-refractivity contribution in [2.75, 3.05) is 19.0 Å². The van der Waals surface area contributed by atoms with Crippen LogP contribution in [0.2, 0.25) is 0 Å². The van der Waals surface area contributed by atoms with Crippen LogP contribution in [-0.4, -0.2) is 37.7 Å². The molecule has 0 fully saturated rings. The van der Waals surface area contributed by atoms with Crippen molar-refractivity contribution in [2.24, 2.45) is 5.10 Å². The molecule has 9 heteroatoms. The maximum Gasteiger partial charge on any atom is 0.343 e. The molecule has 3 aromatic rings. The van der Waals surface area contributed by atoms with Gasteiger partial charge in [0, 0.05) is 11.8 Å². The highest BCUT2D eigenvalue weighted by atomic mass is 16.6. The molecule has 0 saturated carbocycles. The lowest BCUT2D eigenvalue weighted by molar-refractivity contribution is -0.136. The Kier molecular flexibility index (Phi) is 8.34. The summed E-state index contributed by atoms with van der Waals surface area (Å²) in [6.45, 7) is 2.14. The van der Waals surface area contributed by atoms with Gasteiger partial charge in [-0.15, -0.1) is 0 Å². The van der Waals surface area contributed by atoms with Crippen LogP contribution in [0.15, 0.2) is 77.9 Å². The number of methoxy groups -OCH3 is 1. The molecule has 0 aliphatic carbocycles. The molecule has 0 aromatic heterocycles. The van der Waals surface area contributed by atoms with Crippen LogP contribution in [-0.2, 0) is 9.59 Å². The fourth-order valence-corrected chi connectivity index (χ4v) is 2.80. The first-order valence-electron chi connectivity index (χ1n) is 10.3. The zero-order chi connectivity index (χ0) is 24.3. The van der Waals surface area contributed by atoms with Gasteiger partial charge in [-0.1, -0.05) is 24.3 Å². The molecule has 0 aliphatic heterocycles. The lowest BCUT2D eigenvalue weighted by Crippen LogP contribution is -2.32. The minimum atomic E-state index is -0.947. The van der Waals surface area contributed by atoms with Gasteiger partial charge in [0.25, 0.3) is 0 Å². The average Bonchev–Trinajstić information content (AvgIpc) is 2.86. The predicted molar refractivity (Wildman–Crippen MR) is 126 cm³/mol. The Balaban J connectivity index is 1.62. The number of amides is 2. The van der Waals surface area contributed by atoms with E-state index in [1.165, 1.54) is 13.3 Å². The largest absolute Gasteiger partial charge is 0.497 e. The minimum Gasteiger partial charge on any atom is -0.497 e. The lowest BCUT2D eigenvalue weighted by Gasteiger charge is -2.11. The molecular formula is C25H23N3O6. The number of hydrogen-bond donors (Lipinski definition) is 2. The van der Waals surface area contributed by atoms with Crippen molar-refractivity contribution in [3.05, 3.63) is 83.9 Å². The van der Waals surface area contributed by atoms with Crippen molar-refractivity contribution in [1.29, 1.82) is 0 Å². The summed E-state index contributed by atoms with van der Waals surface area (Å²) in [7, 11) is 1.50. The van der Waals surface area contributed by atoms with E-state index < -0.39 is 17.8 Å². The van der Waals surface area contributed by atoms with Crippen LogP contribution in [0.1, 0.15) is 22.8 Å². The summed E-state index contributed by atoms with van der Waals surface area (Å²) < 4.78 is 16.1. The topological polar surface area (TPSA) is 115 Å². The molecule has 0 atom stereocenters. The molecule has 174 valence electrons. The second-order valence-corrected chi connectivity index (χ2v) is 6.78. The molecule has 3 aromatic carbocycles. The van der Waals surface area contributed by atoms with Crippen molar-refractivity contribution in [2.45, 2.75) is 6.92 Å². The Morgan fingerprint density at radius 1 is 0.912 bits per heavy atom. The summed E-state index contributed by atoms with van der Waals surface area (Å²) in [5, 5.41) is 6.26. The number of hydrazone groups is 1. The van der Waals surface area contributed by atoms with Gasteiger partial charge in [0.05, 0.1) is 25.5 Å². The first kappa shape index (κ1) is 24.0. The van der Waals surface area contributed by atoms with Crippen LogP contribution in [0.4, 0.5) is 5.69 Å². The number of hydrogen-bond acceptors (Lipinski definition) is 7. The molecule has 2 N–H and O–H groups in total. The number of carbonyl (C=O) groups is 3. The van der Waals surface area contributed by atoms with E-state index in [1.54, 1.807) is 79.7 Å². The number of benzene rings is 3. The molecule has 0 aliphatic rings. The van der Waals surface area contributed by atoms with Gasteiger partial charge in [0.1, 0.15) is 5.75 Å². The minimum absolute atomic E-state index is 0.245. The number of nitrogens with zero attached hydrogens (tertiary/aromatic N) is 1. The number of carbonyl (C=O) groups excluding carboxylic acids is 3. The number of esters is 1. The highest BCUT2D eigenvalue weighted by molar-refractivity contribution is 6.39. The smallest absolute Gasteiger partial charge is 0.343 e. The SMILES string of the molecule is CCOc1cc(/C=N/NC(=O)C(=O)Nc2cccc(OC)c2)ccc1OC(=O)c1ccccc1. The van der Waals surface area contributed by atoms with Gasteiger partial charge in [0.2, 0.25) is 0 Å². The zero-order valence-corrected chi connectivity index (χ0v) is 18.6. The molecule has 0 radical (unpaired) electrons. The second-order valence-electron chi connectivity index (χ2n) is 6.78. The van der Waals surface area contributed by atoms with Gasteiger partial charge in [-0.05, 0) is 55.0 Å². The monoisotopic (exact) mass is 461 g/mol. The summed E-state index contributed by atoms with van der Waals surface area (Å²) in [4.78, 5) is 36.4. The normalized spacial score (nSPS) is 10.4. The fourth-order valence-electron chi connectivity index (χ4n) is 2.80. The molecule has 0 spiro atoms. The van der Waals surface area contributed by atoms with E-state index in [-0.39, 0.29) is 5.75 Å². The number of ether oxygens (including phenoxy) is 3. The standard InChI is InChI=1S/C25H23N3O6/c1-3-33-22-14-17(12-13-21(22)34-25(31)18-8-5-4-6-9-18)16-26-28-24(30)23(29)27-19-10-7-11-20(15-19)32-2/h4-16H,3H2,1-2H3,(H,27,29)(H,28,30)/b26-16+. The van der Waals surface area contributed by atoms with Crippen molar-refractivity contribution < 1.29 is 28.6 Å². The summed E-state index contributed by atoms with van der Waals surface area (Å²) >= 11 is 0. The maximum absolute atomic E-state index is 12.3. The molecule has 34 heavy (non-hydrogen) atoms. The Morgan fingerprint density at radius 3 is 2.44 bits per heavy atom. The van der Waals surface area contributed by atoms with Crippen molar-refractivity contribution >= 4 is 29.7 Å². The van der Waals surface area contributed by atoms with Gasteiger partial charge in [0.15, 0.2) is 11.5 Å². The molecule has 9 nitrogen and oxygen atoms in total. The van der Waals surface area contributed by atoms with Crippen LogP contribution >= 0.6 is 0 Å². The highest BCUT2D eigenvalue weighted by Crippen LogP contribution is 2.29. The third-order valence-corrected chi connectivity index (χ3v) is 4.39. The molecule has 0 unspecified atom stereocenters. The van der Waals surface area contributed by atoms with E-state index in [1.807, 2.05) is 0 Å². The van der Waals surface area contributed by atoms with Crippen LogP contribution in [0.3, 0.4) is 0 Å². The van der Waals surface area contributed by atoms with E-state index >= 15 is 0 Å². The van der Waals surface area contributed by atoms with Crippen LogP contribution in [0, 0.1) is 0 Å². The molecule has 0 heterocycles. The van der Waals surface area contributed by atoms with E-state index in [9.17, 15) is 14.4 Å². The van der Waals surface area contributed by atoms with E-state index in [0.717, 1.165) is 0 Å². The maximum atomic E-state index is 12.3. The summed E-state index contributed by atoms with van der Waals surface area (Å²) in [6, 6.07) is 20.0. The Bertz CT molecular complexity index is 1190. The zero-order valence-electron chi connectivity index (χ0n) is 18.6. The fraction of sp³-hybridized carbons (Fsp3) is 0.120. The molecule has 2 amide bonds. The highest BCUT2D eigenvalue weighted by Gasteiger charge is 2.14. The molecular weight excluding hydrogens is 438 g/mol.